The zero-order chi connectivity index (χ0) is 26.6. The molecule has 1 aliphatic carbocycles. The van der Waals surface area contributed by atoms with Crippen molar-refractivity contribution in [2.24, 2.45) is 22.6 Å². The van der Waals surface area contributed by atoms with Gasteiger partial charge < -0.3 is 10.5 Å². The lowest BCUT2D eigenvalue weighted by atomic mass is 9.90. The third kappa shape index (κ3) is 5.55. The van der Waals surface area contributed by atoms with Crippen LogP contribution in [0.3, 0.4) is 0 Å². The summed E-state index contributed by atoms with van der Waals surface area (Å²) < 4.78 is 47.0. The Morgan fingerprint density at radius 2 is 2.17 bits per heavy atom. The van der Waals surface area contributed by atoms with Crippen LogP contribution in [0.4, 0.5) is 13.2 Å². The Hall–Kier alpha value is -4.18. The molecular formula is C22H19ClF3N7O3. The number of nitrogens with one attached hydrogen (secondary N) is 1. The fourth-order valence-corrected chi connectivity index (χ4v) is 3.52. The maximum absolute atomic E-state index is 13.6. The topological polar surface area (TPSA) is 152 Å². The lowest BCUT2D eigenvalue weighted by Gasteiger charge is -2.21. The maximum Gasteiger partial charge on any atom is 0.437 e. The van der Waals surface area contributed by atoms with Gasteiger partial charge in [0.25, 0.3) is 11.1 Å². The van der Waals surface area contributed by atoms with Gasteiger partial charge in [0.05, 0.1) is 36.1 Å². The number of nitrogens with two attached hydrogens (primary N) is 1. The minimum Gasteiger partial charge on any atom is -0.449 e. The zero-order valence-electron chi connectivity index (χ0n) is 18.9. The summed E-state index contributed by atoms with van der Waals surface area (Å²) in [6.07, 6.45) is 0.670. The first-order chi connectivity index (χ1) is 17.0. The van der Waals surface area contributed by atoms with Crippen molar-refractivity contribution in [3.05, 3.63) is 79.2 Å². The van der Waals surface area contributed by atoms with Gasteiger partial charge in [0.1, 0.15) is 5.76 Å². The normalized spacial score (nSPS) is 18.5. The number of aromatic amines is 1. The maximum atomic E-state index is 13.6. The van der Waals surface area contributed by atoms with Gasteiger partial charge in [-0.1, -0.05) is 18.5 Å². The average molecular weight is 522 g/mol. The van der Waals surface area contributed by atoms with E-state index in [2.05, 4.69) is 20.2 Å². The van der Waals surface area contributed by atoms with Gasteiger partial charge >= 0.3 is 6.18 Å². The molecule has 2 atom stereocenters. The van der Waals surface area contributed by atoms with Crippen LogP contribution in [-0.2, 0) is 12.7 Å². The van der Waals surface area contributed by atoms with E-state index in [1.54, 1.807) is 6.92 Å². The largest absolute Gasteiger partial charge is 0.449 e. The highest BCUT2D eigenvalue weighted by atomic mass is 35.5. The first-order valence-electron chi connectivity index (χ1n) is 10.3. The van der Waals surface area contributed by atoms with Gasteiger partial charge in [0.2, 0.25) is 5.75 Å². The lowest BCUT2D eigenvalue weighted by molar-refractivity contribution is -0.142. The SMILES string of the molecule is CN=CC(=CN)c1cc(Cn2cnc(C(F)(F)F)c(OC3=CC(C#N)[C@@H](C)C(Cl)=C3)c2=O)n[nH]c1=O. The smallest absolute Gasteiger partial charge is 0.437 e. The summed E-state index contributed by atoms with van der Waals surface area (Å²) >= 11 is 6.11. The molecule has 3 rings (SSSR count). The van der Waals surface area contributed by atoms with E-state index < -0.39 is 40.6 Å². The minimum absolute atomic E-state index is 0.0845. The molecule has 188 valence electrons. The van der Waals surface area contributed by atoms with Gasteiger partial charge in [0.15, 0.2) is 5.69 Å². The number of alkyl halides is 3. The third-order valence-electron chi connectivity index (χ3n) is 5.18. The fourth-order valence-electron chi connectivity index (χ4n) is 3.27. The van der Waals surface area contributed by atoms with E-state index in [-0.39, 0.29) is 34.2 Å². The van der Waals surface area contributed by atoms with Gasteiger partial charge in [-0.3, -0.25) is 19.1 Å². The molecule has 0 saturated heterocycles. The first kappa shape index (κ1) is 26.4. The molecule has 0 fully saturated rings. The molecule has 0 spiro atoms. The van der Waals surface area contributed by atoms with E-state index in [0.717, 1.165) is 10.8 Å². The lowest BCUT2D eigenvalue weighted by Crippen LogP contribution is -2.28. The molecule has 0 bridgehead atoms. The fraction of sp³-hybridized carbons (Fsp3) is 0.273. The molecule has 3 N–H and O–H groups in total. The molecule has 1 unspecified atom stereocenters. The summed E-state index contributed by atoms with van der Waals surface area (Å²) in [5.74, 6) is -2.48. The number of ether oxygens (including phenoxy) is 1. The van der Waals surface area contributed by atoms with Crippen molar-refractivity contribution in [3.8, 4) is 11.8 Å². The van der Waals surface area contributed by atoms with Crippen LogP contribution in [0.1, 0.15) is 23.9 Å². The van der Waals surface area contributed by atoms with Crippen molar-refractivity contribution in [1.82, 2.24) is 19.7 Å². The van der Waals surface area contributed by atoms with E-state index in [1.807, 2.05) is 6.07 Å². The molecule has 1 aliphatic rings. The number of H-pyrrole nitrogens is 1. The molecule has 2 heterocycles. The number of hydrogen-bond donors (Lipinski definition) is 2. The molecule has 0 radical (unpaired) electrons. The van der Waals surface area contributed by atoms with Crippen LogP contribution in [0.5, 0.6) is 5.75 Å². The molecular weight excluding hydrogens is 503 g/mol. The van der Waals surface area contributed by atoms with Crippen molar-refractivity contribution in [1.29, 1.82) is 5.26 Å². The standard InChI is InChI=1S/C22H19ClF3N7O3/c1-11-12(6-27)3-15(5-17(11)23)36-18-19(22(24,25)26)30-10-33(21(18)35)9-14-4-16(20(34)32-31-14)13(7-28)8-29-2/h3-5,7-8,10-12H,9,28H2,1-2H3,(H,32,34)/t11-,12?/m1/s1. The van der Waals surface area contributed by atoms with E-state index >= 15 is 0 Å². The Kier molecular flexibility index (Phi) is 7.79. The Morgan fingerprint density at radius 3 is 2.78 bits per heavy atom. The van der Waals surface area contributed by atoms with Crippen LogP contribution < -0.4 is 21.6 Å². The Bertz CT molecular complexity index is 1450. The van der Waals surface area contributed by atoms with E-state index in [0.29, 0.717) is 6.33 Å². The predicted octanol–water partition coefficient (Wildman–Crippen LogP) is 2.57. The van der Waals surface area contributed by atoms with Gasteiger partial charge in [-0.2, -0.15) is 23.5 Å². The second kappa shape index (κ2) is 10.6. The number of rotatable bonds is 6. The van der Waals surface area contributed by atoms with Crippen LogP contribution in [0.15, 0.2) is 56.1 Å². The number of nitrogens with zero attached hydrogens (tertiary/aromatic N) is 5. The van der Waals surface area contributed by atoms with E-state index in [4.69, 9.17) is 22.1 Å². The number of halogens is 4. The van der Waals surface area contributed by atoms with Crippen LogP contribution in [0.25, 0.3) is 5.57 Å². The first-order valence-corrected chi connectivity index (χ1v) is 10.6. The highest BCUT2D eigenvalue weighted by Crippen LogP contribution is 2.36. The van der Waals surface area contributed by atoms with Gasteiger partial charge in [-0.15, -0.1) is 0 Å². The number of allylic oxidation sites excluding steroid dienone is 4. The summed E-state index contributed by atoms with van der Waals surface area (Å²) in [5, 5.41) is 15.6. The van der Waals surface area contributed by atoms with Crippen molar-refractivity contribution >= 4 is 23.4 Å². The van der Waals surface area contributed by atoms with Crippen LogP contribution in [-0.4, -0.2) is 33.0 Å². The second-order valence-electron chi connectivity index (χ2n) is 7.61. The van der Waals surface area contributed by atoms with Gasteiger partial charge in [0, 0.05) is 36.0 Å². The number of aliphatic imine (C=N–C) groups is 1. The van der Waals surface area contributed by atoms with Crippen molar-refractivity contribution in [3.63, 3.8) is 0 Å². The molecule has 2 aromatic heterocycles. The second-order valence-corrected chi connectivity index (χ2v) is 8.04. The number of aromatic nitrogens is 4. The van der Waals surface area contributed by atoms with E-state index in [9.17, 15) is 28.0 Å². The Labute approximate surface area is 206 Å². The summed E-state index contributed by atoms with van der Waals surface area (Å²) in [7, 11) is 1.47. The molecule has 14 heteroatoms. The third-order valence-corrected chi connectivity index (χ3v) is 5.63. The number of nitriles is 1. The zero-order valence-corrected chi connectivity index (χ0v) is 19.6. The molecule has 10 nitrogen and oxygen atoms in total. The van der Waals surface area contributed by atoms with Crippen molar-refractivity contribution < 1.29 is 17.9 Å². The van der Waals surface area contributed by atoms with Gasteiger partial charge in [-0.25, -0.2) is 10.1 Å². The Morgan fingerprint density at radius 1 is 1.44 bits per heavy atom. The van der Waals surface area contributed by atoms with Crippen LogP contribution >= 0.6 is 11.6 Å². The molecule has 2 aromatic rings. The summed E-state index contributed by atoms with van der Waals surface area (Å²) in [6.45, 7) is 1.31. The number of hydrogen-bond acceptors (Lipinski definition) is 8. The highest BCUT2D eigenvalue weighted by Gasteiger charge is 2.39. The molecule has 0 saturated carbocycles. The predicted molar refractivity (Wildman–Crippen MR) is 125 cm³/mol. The quantitative estimate of drug-likeness (QED) is 0.554. The monoisotopic (exact) mass is 521 g/mol. The summed E-state index contributed by atoms with van der Waals surface area (Å²) in [4.78, 5) is 32.4. The average Bonchev–Trinajstić information content (AvgIpc) is 2.82. The van der Waals surface area contributed by atoms with Crippen molar-refractivity contribution in [2.45, 2.75) is 19.6 Å². The summed E-state index contributed by atoms with van der Waals surface area (Å²) in [5.41, 5.74) is 2.68. The molecule has 0 aromatic carbocycles. The molecule has 0 aliphatic heterocycles. The van der Waals surface area contributed by atoms with Gasteiger partial charge in [-0.05, 0) is 18.2 Å². The van der Waals surface area contributed by atoms with Crippen LogP contribution in [0.2, 0.25) is 0 Å². The van der Waals surface area contributed by atoms with Crippen LogP contribution in [0, 0.1) is 23.2 Å². The molecule has 36 heavy (non-hydrogen) atoms. The minimum atomic E-state index is -5.01. The van der Waals surface area contributed by atoms with E-state index in [1.165, 1.54) is 31.5 Å². The molecule has 0 amide bonds. The highest BCUT2D eigenvalue weighted by molar-refractivity contribution is 6.30. The summed E-state index contributed by atoms with van der Waals surface area (Å²) in [6, 6.07) is 3.29. The Balaban J connectivity index is 2.07. The van der Waals surface area contributed by atoms with Crippen molar-refractivity contribution in [2.75, 3.05) is 7.05 Å².